The minimum atomic E-state index is -1.28. The summed E-state index contributed by atoms with van der Waals surface area (Å²) in [6.07, 6.45) is 1.42. The number of nitrogens with zero attached hydrogens (tertiary/aromatic N) is 1. The number of amides is 3. The molecule has 0 saturated carbocycles. The van der Waals surface area contributed by atoms with E-state index >= 15 is 0 Å². The summed E-state index contributed by atoms with van der Waals surface area (Å²) in [5.41, 5.74) is 0.535. The molecule has 2 rings (SSSR count). The zero-order valence-electron chi connectivity index (χ0n) is 12.3. The highest BCUT2D eigenvalue weighted by Gasteiger charge is 2.35. The Morgan fingerprint density at radius 1 is 1.30 bits per heavy atom. The normalized spacial score (nSPS) is 15.8. The first kappa shape index (κ1) is 16.8. The number of ether oxygens (including phenoxy) is 2. The Balaban J connectivity index is 2.37. The minimum absolute atomic E-state index is 0.0239. The molecule has 2 N–H and O–H groups in total. The number of hydrogen-bond acceptors (Lipinski definition) is 5. The summed E-state index contributed by atoms with van der Waals surface area (Å²) < 4.78 is 11.0. The van der Waals surface area contributed by atoms with E-state index in [4.69, 9.17) is 14.6 Å². The zero-order chi connectivity index (χ0) is 17.1. The van der Waals surface area contributed by atoms with Gasteiger partial charge < -0.3 is 19.9 Å². The number of aliphatic carboxylic acids is 1. The summed E-state index contributed by atoms with van der Waals surface area (Å²) in [6, 6.07) is 2.50. The van der Waals surface area contributed by atoms with Gasteiger partial charge in [-0.1, -0.05) is 15.9 Å². The van der Waals surface area contributed by atoms with Crippen molar-refractivity contribution >= 4 is 39.9 Å². The van der Waals surface area contributed by atoms with Crippen molar-refractivity contribution in [1.82, 2.24) is 10.2 Å². The molecular weight excluding hydrogens is 372 g/mol. The summed E-state index contributed by atoms with van der Waals surface area (Å²) in [5.74, 6) is -1.04. The molecule has 1 aliphatic rings. The lowest BCUT2D eigenvalue weighted by Crippen LogP contribution is -2.35. The molecule has 1 aromatic rings. The molecule has 122 valence electrons. The van der Waals surface area contributed by atoms with E-state index in [1.165, 1.54) is 20.3 Å². The molecule has 1 heterocycles. The second-order valence-corrected chi connectivity index (χ2v) is 5.36. The van der Waals surface area contributed by atoms with Crippen molar-refractivity contribution in [1.29, 1.82) is 0 Å². The van der Waals surface area contributed by atoms with Gasteiger partial charge in [-0.25, -0.2) is 9.69 Å². The fourth-order valence-electron chi connectivity index (χ4n) is 1.99. The number of benzene rings is 1. The first-order valence-corrected chi connectivity index (χ1v) is 7.14. The summed E-state index contributed by atoms with van der Waals surface area (Å²) in [4.78, 5) is 35.0. The number of urea groups is 1. The largest absolute Gasteiger partial charge is 0.493 e. The third kappa shape index (κ3) is 3.45. The van der Waals surface area contributed by atoms with Gasteiger partial charge in [-0.3, -0.25) is 9.59 Å². The van der Waals surface area contributed by atoms with E-state index in [0.29, 0.717) is 26.4 Å². The third-order valence-electron chi connectivity index (χ3n) is 3.06. The number of methoxy groups -OCH3 is 2. The molecule has 3 amide bonds. The van der Waals surface area contributed by atoms with Crippen LogP contribution in [0.5, 0.6) is 11.5 Å². The van der Waals surface area contributed by atoms with Crippen LogP contribution in [0.15, 0.2) is 22.3 Å². The number of carbonyl (C=O) groups excluding carboxylic acids is 2. The lowest BCUT2D eigenvalue weighted by Gasteiger charge is -2.10. The maximum atomic E-state index is 12.1. The molecule has 0 aliphatic carbocycles. The van der Waals surface area contributed by atoms with Crippen LogP contribution in [0.3, 0.4) is 0 Å². The first-order chi connectivity index (χ1) is 10.9. The average Bonchev–Trinajstić information content (AvgIpc) is 2.76. The molecule has 0 bridgehead atoms. The van der Waals surface area contributed by atoms with Crippen molar-refractivity contribution in [3.8, 4) is 11.5 Å². The van der Waals surface area contributed by atoms with Gasteiger partial charge >= 0.3 is 12.0 Å². The van der Waals surface area contributed by atoms with Gasteiger partial charge in [-0.2, -0.15) is 0 Å². The molecule has 0 atom stereocenters. The third-order valence-corrected chi connectivity index (χ3v) is 3.75. The Morgan fingerprint density at radius 2 is 1.91 bits per heavy atom. The molecule has 1 saturated heterocycles. The van der Waals surface area contributed by atoms with Gasteiger partial charge in [0.05, 0.1) is 14.2 Å². The molecule has 9 heteroatoms. The molecule has 0 radical (unpaired) electrons. The van der Waals surface area contributed by atoms with Crippen LogP contribution in [-0.2, 0) is 9.59 Å². The van der Waals surface area contributed by atoms with Crippen LogP contribution in [0.4, 0.5) is 4.79 Å². The number of rotatable bonds is 5. The Hall–Kier alpha value is -2.55. The van der Waals surface area contributed by atoms with Crippen LogP contribution in [0.25, 0.3) is 6.08 Å². The SMILES string of the molecule is COc1cc(Br)c(/C=C2/NC(=O)N(CC(=O)O)C2=O)cc1OC. The molecule has 0 unspecified atom stereocenters. The van der Waals surface area contributed by atoms with Crippen LogP contribution < -0.4 is 14.8 Å². The summed E-state index contributed by atoms with van der Waals surface area (Å²) in [7, 11) is 2.96. The molecule has 8 nitrogen and oxygen atoms in total. The van der Waals surface area contributed by atoms with Crippen molar-refractivity contribution in [2.24, 2.45) is 0 Å². The molecule has 1 aromatic carbocycles. The summed E-state index contributed by atoms with van der Waals surface area (Å²) in [5, 5.41) is 11.1. The molecule has 1 fully saturated rings. The molecular formula is C14H13BrN2O6. The number of imide groups is 1. The quantitative estimate of drug-likeness (QED) is 0.587. The van der Waals surface area contributed by atoms with Crippen molar-refractivity contribution in [3.05, 3.63) is 27.9 Å². The number of carboxylic acids is 1. The zero-order valence-corrected chi connectivity index (χ0v) is 13.8. The molecule has 1 aliphatic heterocycles. The van der Waals surface area contributed by atoms with Crippen molar-refractivity contribution in [2.45, 2.75) is 0 Å². The van der Waals surface area contributed by atoms with Gasteiger partial charge in [0, 0.05) is 4.47 Å². The van der Waals surface area contributed by atoms with Gasteiger partial charge in [0.2, 0.25) is 0 Å². The van der Waals surface area contributed by atoms with E-state index in [1.54, 1.807) is 12.1 Å². The smallest absolute Gasteiger partial charge is 0.329 e. The fourth-order valence-corrected chi connectivity index (χ4v) is 2.42. The number of halogens is 1. The highest BCUT2D eigenvalue weighted by atomic mass is 79.9. The fraction of sp³-hybridized carbons (Fsp3) is 0.214. The monoisotopic (exact) mass is 384 g/mol. The van der Waals surface area contributed by atoms with Crippen molar-refractivity contribution in [2.75, 3.05) is 20.8 Å². The van der Waals surface area contributed by atoms with Crippen LogP contribution in [-0.4, -0.2) is 48.7 Å². The molecule has 0 spiro atoms. The second kappa shape index (κ2) is 6.69. The van der Waals surface area contributed by atoms with Gasteiger partial charge in [-0.15, -0.1) is 0 Å². The topological polar surface area (TPSA) is 105 Å². The minimum Gasteiger partial charge on any atom is -0.493 e. The lowest BCUT2D eigenvalue weighted by molar-refractivity contribution is -0.140. The standard InChI is InChI=1S/C14H13BrN2O6/c1-22-10-4-7(8(15)5-11(10)23-2)3-9-13(20)17(6-12(18)19)14(21)16-9/h3-5H,6H2,1-2H3,(H,16,21)(H,18,19)/b9-3+. The Labute approximate surface area is 139 Å². The van der Waals surface area contributed by atoms with Gasteiger partial charge in [0.25, 0.3) is 5.91 Å². The van der Waals surface area contributed by atoms with Gasteiger partial charge in [0.15, 0.2) is 11.5 Å². The van der Waals surface area contributed by atoms with E-state index in [-0.39, 0.29) is 5.70 Å². The second-order valence-electron chi connectivity index (χ2n) is 4.50. The Morgan fingerprint density at radius 3 is 2.48 bits per heavy atom. The summed E-state index contributed by atoms with van der Waals surface area (Å²) >= 11 is 3.34. The first-order valence-electron chi connectivity index (χ1n) is 6.35. The van der Waals surface area contributed by atoms with E-state index < -0.39 is 24.5 Å². The van der Waals surface area contributed by atoms with E-state index in [1.807, 2.05) is 0 Å². The predicted molar refractivity (Wildman–Crippen MR) is 83.1 cm³/mol. The molecule has 23 heavy (non-hydrogen) atoms. The van der Waals surface area contributed by atoms with E-state index in [9.17, 15) is 14.4 Å². The Bertz CT molecular complexity index is 715. The van der Waals surface area contributed by atoms with E-state index in [0.717, 1.165) is 0 Å². The highest BCUT2D eigenvalue weighted by molar-refractivity contribution is 9.10. The number of carboxylic acid groups (broad SMARTS) is 1. The highest BCUT2D eigenvalue weighted by Crippen LogP contribution is 2.34. The molecule has 0 aromatic heterocycles. The summed E-state index contributed by atoms with van der Waals surface area (Å²) in [6.45, 7) is -0.699. The van der Waals surface area contributed by atoms with Crippen LogP contribution >= 0.6 is 15.9 Å². The van der Waals surface area contributed by atoms with Gasteiger partial charge in [0.1, 0.15) is 12.2 Å². The van der Waals surface area contributed by atoms with Gasteiger partial charge in [-0.05, 0) is 23.8 Å². The van der Waals surface area contributed by atoms with Crippen LogP contribution in [0.2, 0.25) is 0 Å². The maximum Gasteiger partial charge on any atom is 0.329 e. The number of carbonyl (C=O) groups is 3. The average molecular weight is 385 g/mol. The number of nitrogens with one attached hydrogen (secondary N) is 1. The maximum absolute atomic E-state index is 12.1. The lowest BCUT2D eigenvalue weighted by atomic mass is 10.1. The van der Waals surface area contributed by atoms with E-state index in [2.05, 4.69) is 21.2 Å². The van der Waals surface area contributed by atoms with Crippen molar-refractivity contribution < 1.29 is 29.0 Å². The van der Waals surface area contributed by atoms with Crippen LogP contribution in [0.1, 0.15) is 5.56 Å². The Kier molecular flexibility index (Phi) is 4.89. The predicted octanol–water partition coefficient (Wildman–Crippen LogP) is 1.44. The van der Waals surface area contributed by atoms with Crippen molar-refractivity contribution in [3.63, 3.8) is 0 Å². The number of hydrogen-bond donors (Lipinski definition) is 2. The van der Waals surface area contributed by atoms with Crippen LogP contribution in [0, 0.1) is 0 Å².